The summed E-state index contributed by atoms with van der Waals surface area (Å²) in [6.45, 7) is -0.0168. The van der Waals surface area contributed by atoms with E-state index < -0.39 is 28.1 Å². The molecule has 0 radical (unpaired) electrons. The lowest BCUT2D eigenvalue weighted by atomic mass is 10.2. The van der Waals surface area contributed by atoms with Crippen LogP contribution in [0.3, 0.4) is 0 Å². The molecule has 0 heterocycles. The van der Waals surface area contributed by atoms with Crippen LogP contribution in [0.15, 0.2) is 30.3 Å². The Bertz CT molecular complexity index is 632. The summed E-state index contributed by atoms with van der Waals surface area (Å²) in [7, 11) is -2.07. The van der Waals surface area contributed by atoms with E-state index in [1.54, 1.807) is 24.3 Å². The number of carboxylic acids is 1. The molecule has 1 rings (SSSR count). The minimum Gasteiger partial charge on any atom is -0.480 e. The van der Waals surface area contributed by atoms with E-state index in [0.717, 1.165) is 16.1 Å². The van der Waals surface area contributed by atoms with Crippen molar-refractivity contribution < 1.29 is 27.9 Å². The van der Waals surface area contributed by atoms with Gasteiger partial charge in [0.15, 0.2) is 0 Å². The Hall–Kier alpha value is -2.13. The summed E-state index contributed by atoms with van der Waals surface area (Å²) in [5, 5.41) is 11.3. The van der Waals surface area contributed by atoms with Crippen LogP contribution >= 0.6 is 0 Å². The molecular weight excluding hydrogens is 324 g/mol. The van der Waals surface area contributed by atoms with Crippen molar-refractivity contribution in [1.82, 2.24) is 9.62 Å². The Labute approximate surface area is 135 Å². The molecule has 1 amide bonds. The summed E-state index contributed by atoms with van der Waals surface area (Å²) in [6.07, 6.45) is 0.0761. The molecule has 0 aliphatic carbocycles. The van der Waals surface area contributed by atoms with Crippen LogP contribution in [0.25, 0.3) is 0 Å². The second-order valence-corrected chi connectivity index (χ2v) is 7.06. The van der Waals surface area contributed by atoms with Crippen LogP contribution < -0.4 is 5.32 Å². The van der Waals surface area contributed by atoms with Gasteiger partial charge in [-0.2, -0.15) is 0 Å². The van der Waals surface area contributed by atoms with Gasteiger partial charge in [-0.15, -0.1) is 0 Å². The Morgan fingerprint density at radius 2 is 1.91 bits per heavy atom. The Balaban J connectivity index is 2.49. The number of carboxylic acid groups (broad SMARTS) is 1. The van der Waals surface area contributed by atoms with Crippen LogP contribution in [-0.2, 0) is 26.2 Å². The van der Waals surface area contributed by atoms with Gasteiger partial charge in [-0.3, -0.25) is 0 Å². The fourth-order valence-electron chi connectivity index (χ4n) is 1.64. The lowest BCUT2D eigenvalue weighted by Gasteiger charge is -2.18. The number of amides is 1. The SMILES string of the molecule is CN(CCC(NC(=O)OCc1ccccc1)C(=O)O)S(C)(=O)=O. The number of benzene rings is 1. The highest BCUT2D eigenvalue weighted by molar-refractivity contribution is 7.88. The molecule has 1 aromatic rings. The molecule has 23 heavy (non-hydrogen) atoms. The summed E-state index contributed by atoms with van der Waals surface area (Å²) in [5.41, 5.74) is 0.770. The molecule has 9 heteroatoms. The van der Waals surface area contributed by atoms with Crippen molar-refractivity contribution in [3.05, 3.63) is 35.9 Å². The van der Waals surface area contributed by atoms with E-state index in [-0.39, 0.29) is 19.6 Å². The zero-order valence-corrected chi connectivity index (χ0v) is 13.7. The van der Waals surface area contributed by atoms with Gasteiger partial charge < -0.3 is 15.2 Å². The summed E-state index contributed by atoms with van der Waals surface area (Å²) < 4.78 is 28.5. The van der Waals surface area contributed by atoms with Gasteiger partial charge in [0.2, 0.25) is 10.0 Å². The van der Waals surface area contributed by atoms with Gasteiger partial charge in [0.1, 0.15) is 12.6 Å². The van der Waals surface area contributed by atoms with Crippen LogP contribution in [0.4, 0.5) is 4.79 Å². The molecule has 0 aliphatic heterocycles. The van der Waals surface area contributed by atoms with Crippen LogP contribution in [-0.4, -0.2) is 55.8 Å². The van der Waals surface area contributed by atoms with E-state index in [1.165, 1.54) is 7.05 Å². The Morgan fingerprint density at radius 1 is 1.30 bits per heavy atom. The number of carbonyl (C=O) groups excluding carboxylic acids is 1. The number of hydrogen-bond donors (Lipinski definition) is 2. The number of nitrogens with one attached hydrogen (secondary N) is 1. The Kier molecular flexibility index (Phi) is 6.98. The number of ether oxygens (including phenoxy) is 1. The number of alkyl carbamates (subject to hydrolysis) is 1. The molecule has 1 aromatic carbocycles. The van der Waals surface area contributed by atoms with Crippen molar-refractivity contribution in [1.29, 1.82) is 0 Å². The maximum Gasteiger partial charge on any atom is 0.408 e. The molecule has 0 spiro atoms. The van der Waals surface area contributed by atoms with Gasteiger partial charge in [0, 0.05) is 13.6 Å². The fourth-order valence-corrected chi connectivity index (χ4v) is 2.08. The highest BCUT2D eigenvalue weighted by Gasteiger charge is 2.22. The van der Waals surface area contributed by atoms with E-state index in [9.17, 15) is 18.0 Å². The van der Waals surface area contributed by atoms with E-state index in [4.69, 9.17) is 9.84 Å². The van der Waals surface area contributed by atoms with Gasteiger partial charge in [-0.25, -0.2) is 22.3 Å². The van der Waals surface area contributed by atoms with Gasteiger partial charge in [0.05, 0.1) is 6.26 Å². The molecule has 2 N–H and O–H groups in total. The second-order valence-electron chi connectivity index (χ2n) is 4.97. The van der Waals surface area contributed by atoms with E-state index >= 15 is 0 Å². The molecule has 1 atom stereocenters. The number of rotatable bonds is 8. The first-order chi connectivity index (χ1) is 10.7. The number of aliphatic carboxylic acids is 1. The van der Waals surface area contributed by atoms with E-state index in [1.807, 2.05) is 6.07 Å². The zero-order chi connectivity index (χ0) is 17.5. The van der Waals surface area contributed by atoms with Crippen molar-refractivity contribution in [3.8, 4) is 0 Å². The van der Waals surface area contributed by atoms with Gasteiger partial charge in [0.25, 0.3) is 0 Å². The number of carbonyl (C=O) groups is 2. The van der Waals surface area contributed by atoms with Crippen molar-refractivity contribution in [2.24, 2.45) is 0 Å². The lowest BCUT2D eigenvalue weighted by Crippen LogP contribution is -2.43. The van der Waals surface area contributed by atoms with E-state index in [0.29, 0.717) is 0 Å². The number of hydrogen-bond acceptors (Lipinski definition) is 5. The molecule has 0 saturated carbocycles. The average molecular weight is 344 g/mol. The summed E-state index contributed by atoms with van der Waals surface area (Å²) in [4.78, 5) is 22.8. The number of nitrogens with zero attached hydrogens (tertiary/aromatic N) is 1. The zero-order valence-electron chi connectivity index (χ0n) is 12.9. The molecule has 128 valence electrons. The van der Waals surface area contributed by atoms with Crippen LogP contribution in [0, 0.1) is 0 Å². The topological polar surface area (TPSA) is 113 Å². The molecule has 0 fully saturated rings. The standard InChI is InChI=1S/C14H20N2O6S/c1-16(23(2,20)21)9-8-12(13(17)18)15-14(19)22-10-11-6-4-3-5-7-11/h3-7,12H,8-10H2,1-2H3,(H,15,19)(H,17,18). The summed E-state index contributed by atoms with van der Waals surface area (Å²) >= 11 is 0. The maximum absolute atomic E-state index is 11.6. The molecule has 0 aromatic heterocycles. The van der Waals surface area contributed by atoms with E-state index in [2.05, 4.69) is 5.32 Å². The molecular formula is C14H20N2O6S. The lowest BCUT2D eigenvalue weighted by molar-refractivity contribution is -0.139. The maximum atomic E-state index is 11.6. The normalized spacial score (nSPS) is 12.7. The average Bonchev–Trinajstić information content (AvgIpc) is 2.48. The predicted octanol–water partition coefficient (Wildman–Crippen LogP) is 0.647. The van der Waals surface area contributed by atoms with Crippen molar-refractivity contribution in [3.63, 3.8) is 0 Å². The third-order valence-corrected chi connectivity index (χ3v) is 4.42. The third kappa shape index (κ3) is 7.11. The minimum absolute atomic E-state index is 0.0161. The fraction of sp³-hybridized carbons (Fsp3) is 0.429. The van der Waals surface area contributed by atoms with Crippen LogP contribution in [0.2, 0.25) is 0 Å². The highest BCUT2D eigenvalue weighted by atomic mass is 32.2. The molecule has 0 bridgehead atoms. The molecule has 1 unspecified atom stereocenters. The van der Waals surface area contributed by atoms with Gasteiger partial charge in [-0.05, 0) is 12.0 Å². The minimum atomic E-state index is -3.40. The predicted molar refractivity (Wildman–Crippen MR) is 83.3 cm³/mol. The smallest absolute Gasteiger partial charge is 0.408 e. The monoisotopic (exact) mass is 344 g/mol. The highest BCUT2D eigenvalue weighted by Crippen LogP contribution is 2.03. The largest absolute Gasteiger partial charge is 0.480 e. The van der Waals surface area contributed by atoms with Crippen LogP contribution in [0.1, 0.15) is 12.0 Å². The van der Waals surface area contributed by atoms with Crippen molar-refractivity contribution in [2.45, 2.75) is 19.1 Å². The molecule has 8 nitrogen and oxygen atoms in total. The third-order valence-electron chi connectivity index (χ3n) is 3.10. The first-order valence-corrected chi connectivity index (χ1v) is 8.66. The van der Waals surface area contributed by atoms with Gasteiger partial charge in [-0.1, -0.05) is 30.3 Å². The number of sulfonamides is 1. The molecule has 0 aliphatic rings. The van der Waals surface area contributed by atoms with Crippen molar-refractivity contribution in [2.75, 3.05) is 19.8 Å². The van der Waals surface area contributed by atoms with Gasteiger partial charge >= 0.3 is 12.1 Å². The molecule has 0 saturated heterocycles. The first-order valence-electron chi connectivity index (χ1n) is 6.81. The summed E-state index contributed by atoms with van der Waals surface area (Å²) in [5.74, 6) is -1.26. The summed E-state index contributed by atoms with van der Waals surface area (Å²) in [6, 6.07) is 7.70. The first kappa shape index (κ1) is 18.9. The quantitative estimate of drug-likeness (QED) is 0.716. The van der Waals surface area contributed by atoms with Crippen LogP contribution in [0.5, 0.6) is 0 Å². The second kappa shape index (κ2) is 8.49. The van der Waals surface area contributed by atoms with Crippen molar-refractivity contribution >= 4 is 22.1 Å². The Morgan fingerprint density at radius 3 is 2.43 bits per heavy atom.